The summed E-state index contributed by atoms with van der Waals surface area (Å²) in [6.07, 6.45) is 3.13. The van der Waals surface area contributed by atoms with Crippen LogP contribution in [0.5, 0.6) is 11.5 Å². The number of hydrogen-bond acceptors (Lipinski definition) is 4. The quantitative estimate of drug-likeness (QED) is 0.666. The Kier molecular flexibility index (Phi) is 4.37. The molecule has 27 heavy (non-hydrogen) atoms. The number of fused-ring (bicyclic) bond motifs is 2. The smallest absolute Gasteiger partial charge is 0.231 e. The molecule has 0 aromatic heterocycles. The average Bonchev–Trinajstić information content (AvgIpc) is 3.07. The Bertz CT molecular complexity index is 901. The molecule has 0 amide bonds. The first-order valence-corrected chi connectivity index (χ1v) is 9.75. The molecule has 2 aromatic rings. The zero-order valence-electron chi connectivity index (χ0n) is 16.9. The third kappa shape index (κ3) is 3.18. The van der Waals surface area contributed by atoms with Crippen molar-refractivity contribution in [2.75, 3.05) is 18.2 Å². The molecule has 2 aromatic carbocycles. The second kappa shape index (κ2) is 6.59. The standard InChI is InChI=1S/C23H28N2O2/c1-6-25-20-9-15(2)17(10-19(20)16(3)12-23(25,4)5)13-24-18-7-8-21-22(11-18)27-14-26-21/h7-11,13,16H,6,12,14H2,1-5H3. The van der Waals surface area contributed by atoms with Crippen LogP contribution in [0.25, 0.3) is 0 Å². The molecule has 0 N–H and O–H groups in total. The minimum Gasteiger partial charge on any atom is -0.454 e. The van der Waals surface area contributed by atoms with Crippen LogP contribution in [-0.4, -0.2) is 25.1 Å². The lowest BCUT2D eigenvalue weighted by atomic mass is 9.79. The molecular weight excluding hydrogens is 336 g/mol. The molecule has 4 nitrogen and oxygen atoms in total. The molecule has 0 spiro atoms. The minimum absolute atomic E-state index is 0.190. The molecular formula is C23H28N2O2. The Morgan fingerprint density at radius 3 is 2.74 bits per heavy atom. The van der Waals surface area contributed by atoms with Gasteiger partial charge in [0.2, 0.25) is 6.79 Å². The van der Waals surface area contributed by atoms with Gasteiger partial charge in [0.1, 0.15) is 0 Å². The Labute approximate surface area is 161 Å². The minimum atomic E-state index is 0.190. The van der Waals surface area contributed by atoms with Gasteiger partial charge < -0.3 is 14.4 Å². The van der Waals surface area contributed by atoms with E-state index in [-0.39, 0.29) is 12.3 Å². The van der Waals surface area contributed by atoms with Crippen molar-refractivity contribution in [3.8, 4) is 11.5 Å². The van der Waals surface area contributed by atoms with E-state index in [0.717, 1.165) is 30.2 Å². The van der Waals surface area contributed by atoms with Gasteiger partial charge in [0.15, 0.2) is 11.5 Å². The molecule has 0 saturated carbocycles. The summed E-state index contributed by atoms with van der Waals surface area (Å²) in [6, 6.07) is 10.5. The molecule has 0 saturated heterocycles. The Balaban J connectivity index is 1.68. The van der Waals surface area contributed by atoms with Crippen LogP contribution < -0.4 is 14.4 Å². The molecule has 0 fully saturated rings. The number of nitrogens with zero attached hydrogens (tertiary/aromatic N) is 2. The topological polar surface area (TPSA) is 34.1 Å². The van der Waals surface area contributed by atoms with Gasteiger partial charge in [-0.25, -0.2) is 0 Å². The zero-order valence-corrected chi connectivity index (χ0v) is 16.9. The van der Waals surface area contributed by atoms with Gasteiger partial charge in [-0.15, -0.1) is 0 Å². The highest BCUT2D eigenvalue weighted by Crippen LogP contribution is 2.44. The average molecular weight is 364 g/mol. The van der Waals surface area contributed by atoms with E-state index in [4.69, 9.17) is 9.47 Å². The van der Waals surface area contributed by atoms with E-state index in [0.29, 0.717) is 5.92 Å². The van der Waals surface area contributed by atoms with Gasteiger partial charge in [0.05, 0.1) is 5.69 Å². The van der Waals surface area contributed by atoms with Crippen LogP contribution in [0.1, 0.15) is 56.7 Å². The third-order valence-corrected chi connectivity index (χ3v) is 5.80. The summed E-state index contributed by atoms with van der Waals surface area (Å²) in [4.78, 5) is 7.22. The lowest BCUT2D eigenvalue weighted by molar-refractivity contribution is 0.174. The first kappa shape index (κ1) is 17.9. The SMILES string of the molecule is CCN1c2cc(C)c(C=Nc3ccc4c(c3)OCO4)cc2C(C)CC1(C)C. The molecule has 0 bridgehead atoms. The predicted octanol–water partition coefficient (Wildman–Crippen LogP) is 5.59. The summed E-state index contributed by atoms with van der Waals surface area (Å²) < 4.78 is 10.8. The Morgan fingerprint density at radius 1 is 1.19 bits per heavy atom. The van der Waals surface area contributed by atoms with Crippen LogP contribution in [0.3, 0.4) is 0 Å². The monoisotopic (exact) mass is 364 g/mol. The lowest BCUT2D eigenvalue weighted by Gasteiger charge is -2.47. The zero-order chi connectivity index (χ0) is 19.2. The summed E-state index contributed by atoms with van der Waals surface area (Å²) in [5, 5.41) is 0. The fourth-order valence-corrected chi connectivity index (χ4v) is 4.50. The second-order valence-electron chi connectivity index (χ2n) is 8.23. The van der Waals surface area contributed by atoms with Crippen molar-refractivity contribution in [3.63, 3.8) is 0 Å². The summed E-state index contributed by atoms with van der Waals surface area (Å²) in [7, 11) is 0. The van der Waals surface area contributed by atoms with E-state index in [1.54, 1.807) is 0 Å². The normalized spacial score (nSPS) is 20.2. The van der Waals surface area contributed by atoms with Gasteiger partial charge in [-0.05, 0) is 81.0 Å². The van der Waals surface area contributed by atoms with E-state index in [2.05, 4.69) is 56.6 Å². The van der Waals surface area contributed by atoms with E-state index >= 15 is 0 Å². The van der Waals surface area contributed by atoms with Crippen molar-refractivity contribution in [2.45, 2.75) is 52.5 Å². The van der Waals surface area contributed by atoms with E-state index in [1.807, 2.05) is 24.4 Å². The van der Waals surface area contributed by atoms with Crippen LogP contribution >= 0.6 is 0 Å². The van der Waals surface area contributed by atoms with E-state index in [9.17, 15) is 0 Å². The fraction of sp³-hybridized carbons (Fsp3) is 0.435. The number of aryl methyl sites for hydroxylation is 1. The molecule has 2 heterocycles. The van der Waals surface area contributed by atoms with Crippen molar-refractivity contribution in [1.82, 2.24) is 0 Å². The van der Waals surface area contributed by atoms with E-state index in [1.165, 1.54) is 22.4 Å². The number of rotatable bonds is 3. The maximum Gasteiger partial charge on any atom is 0.231 e. The molecule has 2 aliphatic heterocycles. The van der Waals surface area contributed by atoms with Gasteiger partial charge in [-0.3, -0.25) is 4.99 Å². The van der Waals surface area contributed by atoms with Gasteiger partial charge in [0, 0.05) is 30.1 Å². The van der Waals surface area contributed by atoms with Crippen molar-refractivity contribution < 1.29 is 9.47 Å². The van der Waals surface area contributed by atoms with Gasteiger partial charge >= 0.3 is 0 Å². The largest absolute Gasteiger partial charge is 0.454 e. The summed E-state index contributed by atoms with van der Waals surface area (Å²) in [5.74, 6) is 2.09. The fourth-order valence-electron chi connectivity index (χ4n) is 4.50. The van der Waals surface area contributed by atoms with Crippen molar-refractivity contribution in [1.29, 1.82) is 0 Å². The Morgan fingerprint density at radius 2 is 1.96 bits per heavy atom. The molecule has 0 aliphatic carbocycles. The molecule has 1 atom stereocenters. The molecule has 0 radical (unpaired) electrons. The van der Waals surface area contributed by atoms with Gasteiger partial charge in [-0.2, -0.15) is 0 Å². The van der Waals surface area contributed by atoms with Crippen LogP contribution in [0.4, 0.5) is 11.4 Å². The number of aliphatic imine (C=N–C) groups is 1. The highest BCUT2D eigenvalue weighted by Gasteiger charge is 2.35. The number of hydrogen-bond donors (Lipinski definition) is 0. The first-order chi connectivity index (χ1) is 12.9. The third-order valence-electron chi connectivity index (χ3n) is 5.80. The van der Waals surface area contributed by atoms with Crippen molar-refractivity contribution >= 4 is 17.6 Å². The summed E-state index contributed by atoms with van der Waals surface area (Å²) in [5.41, 5.74) is 6.29. The maximum absolute atomic E-state index is 5.45. The van der Waals surface area contributed by atoms with E-state index < -0.39 is 0 Å². The summed E-state index contributed by atoms with van der Waals surface area (Å²) >= 11 is 0. The molecule has 4 heteroatoms. The highest BCUT2D eigenvalue weighted by atomic mass is 16.7. The molecule has 4 rings (SSSR count). The van der Waals surface area contributed by atoms with Crippen LogP contribution in [0.2, 0.25) is 0 Å². The van der Waals surface area contributed by atoms with Crippen molar-refractivity contribution in [3.05, 3.63) is 47.0 Å². The maximum atomic E-state index is 5.45. The van der Waals surface area contributed by atoms with Crippen molar-refractivity contribution in [2.24, 2.45) is 4.99 Å². The second-order valence-corrected chi connectivity index (χ2v) is 8.23. The highest BCUT2D eigenvalue weighted by molar-refractivity contribution is 5.86. The number of anilines is 1. The van der Waals surface area contributed by atoms with Crippen LogP contribution in [0.15, 0.2) is 35.3 Å². The van der Waals surface area contributed by atoms with Crippen LogP contribution in [0, 0.1) is 6.92 Å². The first-order valence-electron chi connectivity index (χ1n) is 9.75. The Hall–Kier alpha value is -2.49. The molecule has 142 valence electrons. The molecule has 1 unspecified atom stereocenters. The van der Waals surface area contributed by atoms with Gasteiger partial charge in [0.25, 0.3) is 0 Å². The summed E-state index contributed by atoms with van der Waals surface area (Å²) in [6.45, 7) is 12.8. The number of benzene rings is 2. The molecule has 2 aliphatic rings. The van der Waals surface area contributed by atoms with Crippen LogP contribution in [-0.2, 0) is 0 Å². The lowest BCUT2D eigenvalue weighted by Crippen LogP contribution is -2.48. The number of ether oxygens (including phenoxy) is 2. The van der Waals surface area contributed by atoms with Gasteiger partial charge in [-0.1, -0.05) is 6.92 Å². The predicted molar refractivity (Wildman–Crippen MR) is 111 cm³/mol.